The fourth-order valence-electron chi connectivity index (χ4n) is 3.13. The van der Waals surface area contributed by atoms with Crippen LogP contribution in [0.15, 0.2) is 0 Å². The van der Waals surface area contributed by atoms with Gasteiger partial charge in [0.15, 0.2) is 0 Å². The van der Waals surface area contributed by atoms with Crippen LogP contribution in [0.5, 0.6) is 0 Å². The molecule has 5 heteroatoms. The van der Waals surface area contributed by atoms with Gasteiger partial charge in [-0.15, -0.1) is 0 Å². The lowest BCUT2D eigenvalue weighted by Crippen LogP contribution is -2.48. The van der Waals surface area contributed by atoms with Crippen LogP contribution in [0.2, 0.25) is 0 Å². The maximum atomic E-state index is 12.0. The molecule has 2 N–H and O–H groups in total. The van der Waals surface area contributed by atoms with E-state index >= 15 is 0 Å². The number of carboxylic acids is 1. The first-order chi connectivity index (χ1) is 8.68. The molecule has 102 valence electrons. The number of carboxylic acid groups (broad SMARTS) is 1. The third-order valence-electron chi connectivity index (χ3n) is 4.02. The van der Waals surface area contributed by atoms with E-state index in [9.17, 15) is 9.59 Å². The molecule has 1 heterocycles. The third kappa shape index (κ3) is 3.22. The van der Waals surface area contributed by atoms with E-state index in [-0.39, 0.29) is 18.4 Å². The van der Waals surface area contributed by atoms with Crippen molar-refractivity contribution >= 4 is 11.9 Å². The van der Waals surface area contributed by atoms with Crippen LogP contribution in [0.3, 0.4) is 0 Å². The van der Waals surface area contributed by atoms with Crippen LogP contribution in [-0.4, -0.2) is 47.1 Å². The summed E-state index contributed by atoms with van der Waals surface area (Å²) in [6, 6.07) is 0.236. The van der Waals surface area contributed by atoms with Gasteiger partial charge in [-0.05, 0) is 25.7 Å². The van der Waals surface area contributed by atoms with Crippen LogP contribution in [0, 0.1) is 0 Å². The molecule has 2 fully saturated rings. The van der Waals surface area contributed by atoms with Crippen molar-refractivity contribution in [1.29, 1.82) is 0 Å². The molecule has 0 radical (unpaired) electrons. The van der Waals surface area contributed by atoms with Crippen LogP contribution < -0.4 is 5.32 Å². The van der Waals surface area contributed by atoms with Gasteiger partial charge in [0.1, 0.15) is 0 Å². The first-order valence-corrected chi connectivity index (χ1v) is 6.94. The van der Waals surface area contributed by atoms with Crippen molar-refractivity contribution in [2.75, 3.05) is 13.1 Å². The minimum Gasteiger partial charge on any atom is -0.481 e. The minimum atomic E-state index is -0.821. The Morgan fingerprint density at radius 1 is 1.33 bits per heavy atom. The lowest BCUT2D eigenvalue weighted by atomic mass is 10.1. The standard InChI is InChI=1S/C13H22N2O3/c16-12(17)7-6-11-13(18)14-8-3-9-15(11)10-4-1-2-5-10/h10-11H,1-9H2,(H,14,18)(H,16,17). The van der Waals surface area contributed by atoms with E-state index in [1.165, 1.54) is 12.8 Å². The number of nitrogens with one attached hydrogen (secondary N) is 1. The molecule has 1 amide bonds. The molecule has 1 aliphatic heterocycles. The lowest BCUT2D eigenvalue weighted by molar-refractivity contribution is -0.137. The van der Waals surface area contributed by atoms with Crippen molar-refractivity contribution in [2.45, 2.75) is 57.0 Å². The minimum absolute atomic E-state index is 0.0145. The first-order valence-electron chi connectivity index (χ1n) is 6.94. The van der Waals surface area contributed by atoms with E-state index in [0.29, 0.717) is 19.0 Å². The smallest absolute Gasteiger partial charge is 0.303 e. The number of hydrogen-bond acceptors (Lipinski definition) is 3. The first kappa shape index (κ1) is 13.3. The highest BCUT2D eigenvalue weighted by atomic mass is 16.4. The number of rotatable bonds is 4. The maximum absolute atomic E-state index is 12.0. The highest BCUT2D eigenvalue weighted by Gasteiger charge is 2.34. The second kappa shape index (κ2) is 6.18. The summed E-state index contributed by atoms with van der Waals surface area (Å²) in [5.41, 5.74) is 0. The lowest BCUT2D eigenvalue weighted by Gasteiger charge is -2.33. The third-order valence-corrected chi connectivity index (χ3v) is 4.02. The van der Waals surface area contributed by atoms with Gasteiger partial charge in [-0.3, -0.25) is 14.5 Å². The average molecular weight is 254 g/mol. The van der Waals surface area contributed by atoms with E-state index < -0.39 is 5.97 Å². The molecule has 0 aromatic heterocycles. The van der Waals surface area contributed by atoms with Crippen LogP contribution in [0.1, 0.15) is 44.9 Å². The normalized spacial score (nSPS) is 26.9. The second-order valence-corrected chi connectivity index (χ2v) is 5.27. The van der Waals surface area contributed by atoms with Crippen LogP contribution in [0.4, 0.5) is 0 Å². The number of carbonyl (C=O) groups is 2. The number of hydrogen-bond donors (Lipinski definition) is 2. The molecule has 1 saturated heterocycles. The van der Waals surface area contributed by atoms with E-state index in [4.69, 9.17) is 5.11 Å². The van der Waals surface area contributed by atoms with Gasteiger partial charge in [-0.25, -0.2) is 0 Å². The Morgan fingerprint density at radius 3 is 2.72 bits per heavy atom. The van der Waals surface area contributed by atoms with Gasteiger partial charge in [0, 0.05) is 25.6 Å². The van der Waals surface area contributed by atoms with Crippen molar-refractivity contribution in [3.05, 3.63) is 0 Å². The molecule has 1 saturated carbocycles. The molecule has 2 rings (SSSR count). The largest absolute Gasteiger partial charge is 0.481 e. The van der Waals surface area contributed by atoms with Gasteiger partial charge >= 0.3 is 5.97 Å². The number of aliphatic carboxylic acids is 1. The Hall–Kier alpha value is -1.10. The highest BCUT2D eigenvalue weighted by Crippen LogP contribution is 2.27. The zero-order valence-electron chi connectivity index (χ0n) is 10.7. The molecule has 1 atom stereocenters. The molecular formula is C13H22N2O3. The number of carbonyl (C=O) groups excluding carboxylic acids is 1. The molecule has 1 aliphatic carbocycles. The van der Waals surface area contributed by atoms with E-state index in [1.807, 2.05) is 0 Å². The van der Waals surface area contributed by atoms with E-state index in [2.05, 4.69) is 10.2 Å². The average Bonchev–Trinajstić information content (AvgIpc) is 2.79. The zero-order valence-corrected chi connectivity index (χ0v) is 10.7. The highest BCUT2D eigenvalue weighted by molar-refractivity contribution is 5.82. The molecule has 0 spiro atoms. The summed E-state index contributed by atoms with van der Waals surface area (Å²) in [6.07, 6.45) is 6.22. The van der Waals surface area contributed by atoms with Crippen molar-refractivity contribution in [2.24, 2.45) is 0 Å². The molecule has 1 unspecified atom stereocenters. The summed E-state index contributed by atoms with van der Waals surface area (Å²) in [6.45, 7) is 1.62. The Labute approximate surface area is 108 Å². The predicted molar refractivity (Wildman–Crippen MR) is 67.2 cm³/mol. The van der Waals surface area contributed by atoms with Crippen LogP contribution in [0.25, 0.3) is 0 Å². The monoisotopic (exact) mass is 254 g/mol. The zero-order chi connectivity index (χ0) is 13.0. The molecule has 0 bridgehead atoms. The summed E-state index contributed by atoms with van der Waals surface area (Å²) in [5, 5.41) is 11.7. The molecule has 0 aromatic rings. The van der Waals surface area contributed by atoms with Gasteiger partial charge in [0.25, 0.3) is 0 Å². The summed E-state index contributed by atoms with van der Waals surface area (Å²) in [5.74, 6) is -0.806. The summed E-state index contributed by atoms with van der Waals surface area (Å²) in [4.78, 5) is 25.0. The Bertz CT molecular complexity index is 313. The Morgan fingerprint density at radius 2 is 2.06 bits per heavy atom. The van der Waals surface area contributed by atoms with Crippen LogP contribution >= 0.6 is 0 Å². The SMILES string of the molecule is O=C(O)CCC1C(=O)NCCCN1C1CCCC1. The van der Waals surface area contributed by atoms with Gasteiger partial charge in [-0.2, -0.15) is 0 Å². The summed E-state index contributed by atoms with van der Waals surface area (Å²) in [7, 11) is 0. The molecular weight excluding hydrogens is 232 g/mol. The van der Waals surface area contributed by atoms with Gasteiger partial charge in [-0.1, -0.05) is 12.8 Å². The second-order valence-electron chi connectivity index (χ2n) is 5.27. The quantitative estimate of drug-likeness (QED) is 0.785. The van der Waals surface area contributed by atoms with E-state index in [0.717, 1.165) is 25.8 Å². The van der Waals surface area contributed by atoms with Crippen LogP contribution in [-0.2, 0) is 9.59 Å². The van der Waals surface area contributed by atoms with Gasteiger partial charge in [0.2, 0.25) is 5.91 Å². The fourth-order valence-corrected chi connectivity index (χ4v) is 3.13. The molecule has 5 nitrogen and oxygen atoms in total. The van der Waals surface area contributed by atoms with E-state index in [1.54, 1.807) is 0 Å². The molecule has 0 aromatic carbocycles. The number of nitrogens with zero attached hydrogens (tertiary/aromatic N) is 1. The Balaban J connectivity index is 2.04. The number of amides is 1. The summed E-state index contributed by atoms with van der Waals surface area (Å²) >= 11 is 0. The Kier molecular flexibility index (Phi) is 4.58. The molecule has 18 heavy (non-hydrogen) atoms. The fraction of sp³-hybridized carbons (Fsp3) is 0.846. The topological polar surface area (TPSA) is 69.6 Å². The van der Waals surface area contributed by atoms with Gasteiger partial charge in [0.05, 0.1) is 6.04 Å². The van der Waals surface area contributed by atoms with Crippen molar-refractivity contribution < 1.29 is 14.7 Å². The predicted octanol–water partition coefficient (Wildman–Crippen LogP) is 0.984. The summed E-state index contributed by atoms with van der Waals surface area (Å²) < 4.78 is 0. The van der Waals surface area contributed by atoms with Crippen molar-refractivity contribution in [3.63, 3.8) is 0 Å². The molecule has 2 aliphatic rings. The van der Waals surface area contributed by atoms with Gasteiger partial charge < -0.3 is 10.4 Å². The maximum Gasteiger partial charge on any atom is 0.303 e. The van der Waals surface area contributed by atoms with Crippen molar-refractivity contribution in [1.82, 2.24) is 10.2 Å². The van der Waals surface area contributed by atoms with Crippen molar-refractivity contribution in [3.8, 4) is 0 Å².